The number of carboxylic acids is 1. The lowest BCUT2D eigenvalue weighted by atomic mass is 9.73. The van der Waals surface area contributed by atoms with Crippen LogP contribution < -0.4 is 9.64 Å². The van der Waals surface area contributed by atoms with Crippen molar-refractivity contribution in [1.82, 2.24) is 9.80 Å². The van der Waals surface area contributed by atoms with E-state index in [9.17, 15) is 13.6 Å². The first-order valence-electron chi connectivity index (χ1n) is 16.6. The number of carbonyl (C=O) groups is 1. The van der Waals surface area contributed by atoms with Crippen molar-refractivity contribution in [3.63, 3.8) is 0 Å². The zero-order valence-electron chi connectivity index (χ0n) is 26.8. The highest BCUT2D eigenvalue weighted by Gasteiger charge is 2.39. The Bertz CT molecular complexity index is 1520. The van der Waals surface area contributed by atoms with Crippen LogP contribution in [0.4, 0.5) is 23.2 Å². The molecule has 0 amide bonds. The summed E-state index contributed by atoms with van der Waals surface area (Å²) in [4.78, 5) is 16.7. The van der Waals surface area contributed by atoms with Gasteiger partial charge in [-0.1, -0.05) is 36.4 Å². The van der Waals surface area contributed by atoms with Crippen LogP contribution in [0.3, 0.4) is 0 Å². The molecule has 1 unspecified atom stereocenters. The van der Waals surface area contributed by atoms with E-state index in [2.05, 4.69) is 0 Å². The number of carboxylic acid groups (broad SMARTS) is 1. The Morgan fingerprint density at radius 1 is 0.957 bits per heavy atom. The summed E-state index contributed by atoms with van der Waals surface area (Å²) in [5, 5.41) is 9.15. The highest BCUT2D eigenvalue weighted by Crippen LogP contribution is 2.44. The molecule has 2 atom stereocenters. The van der Waals surface area contributed by atoms with Crippen molar-refractivity contribution in [2.45, 2.75) is 70.6 Å². The molecule has 252 valence electrons. The predicted octanol–water partition coefficient (Wildman–Crippen LogP) is 7.30. The van der Waals surface area contributed by atoms with Gasteiger partial charge in [-0.05, 0) is 105 Å². The number of piperidine rings is 1. The molecule has 3 aromatic carbocycles. The van der Waals surface area contributed by atoms with Crippen molar-refractivity contribution in [2.24, 2.45) is 5.41 Å². The van der Waals surface area contributed by atoms with E-state index in [4.69, 9.17) is 9.84 Å². The topological polar surface area (TPSA) is 56.3 Å². The maximum absolute atomic E-state index is 16.2. The van der Waals surface area contributed by atoms with Crippen molar-refractivity contribution in [3.8, 4) is 5.75 Å². The van der Waals surface area contributed by atoms with Gasteiger partial charge < -0.3 is 14.7 Å². The highest BCUT2D eigenvalue weighted by molar-refractivity contribution is 5.69. The van der Waals surface area contributed by atoms with Gasteiger partial charge in [-0.2, -0.15) is 0 Å². The number of aliphatic carboxylic acids is 1. The van der Waals surface area contributed by atoms with Gasteiger partial charge in [-0.15, -0.1) is 0 Å². The maximum atomic E-state index is 16.2. The molecule has 10 heteroatoms. The molecular weight excluding hydrogens is 610 g/mol. The molecule has 2 saturated heterocycles. The monoisotopic (exact) mass is 653 g/mol. The summed E-state index contributed by atoms with van der Waals surface area (Å²) in [6.07, 6.45) is 2.33. The number of hydrogen-bond acceptors (Lipinski definition) is 5. The van der Waals surface area contributed by atoms with Crippen LogP contribution in [-0.2, 0) is 17.8 Å². The van der Waals surface area contributed by atoms with E-state index in [0.717, 1.165) is 56.3 Å². The summed E-state index contributed by atoms with van der Waals surface area (Å²) in [5.41, 5.74) is 2.78. The first kappa shape index (κ1) is 33.3. The molecule has 0 saturated carbocycles. The molecule has 0 bridgehead atoms. The second-order valence-electron chi connectivity index (χ2n) is 13.5. The largest absolute Gasteiger partial charge is 0.489 e. The second kappa shape index (κ2) is 14.2. The summed E-state index contributed by atoms with van der Waals surface area (Å²) in [5.74, 6) is -1.69. The Morgan fingerprint density at radius 3 is 2.34 bits per heavy atom. The Kier molecular flexibility index (Phi) is 10.1. The van der Waals surface area contributed by atoms with Crippen LogP contribution in [0.1, 0.15) is 67.3 Å². The van der Waals surface area contributed by atoms with Crippen LogP contribution >= 0.6 is 0 Å². The predicted molar refractivity (Wildman–Crippen MR) is 173 cm³/mol. The molecule has 2 fully saturated rings. The molecule has 3 heterocycles. The average Bonchev–Trinajstić information content (AvgIpc) is 3.25. The molecule has 6 nitrogen and oxygen atoms in total. The van der Waals surface area contributed by atoms with Gasteiger partial charge in [0, 0.05) is 30.4 Å². The van der Waals surface area contributed by atoms with Gasteiger partial charge in [-0.25, -0.2) is 17.6 Å². The number of nitrogens with zero attached hydrogens (tertiary/aromatic N) is 3. The molecule has 0 radical (unpaired) electrons. The zero-order valence-corrected chi connectivity index (χ0v) is 26.8. The zero-order chi connectivity index (χ0) is 33.1. The number of halogens is 4. The number of alkyl halides is 2. The van der Waals surface area contributed by atoms with E-state index in [0.29, 0.717) is 43.1 Å². The van der Waals surface area contributed by atoms with Crippen LogP contribution in [-0.4, -0.2) is 72.6 Å². The van der Waals surface area contributed by atoms with E-state index in [1.165, 1.54) is 17.0 Å². The summed E-state index contributed by atoms with van der Waals surface area (Å²) in [6.45, 7) is 4.41. The van der Waals surface area contributed by atoms with Crippen LogP contribution in [0, 0.1) is 17.0 Å². The molecule has 3 aromatic rings. The van der Waals surface area contributed by atoms with Gasteiger partial charge >= 0.3 is 5.97 Å². The van der Waals surface area contributed by atoms with Gasteiger partial charge in [0.15, 0.2) is 0 Å². The average molecular weight is 654 g/mol. The summed E-state index contributed by atoms with van der Waals surface area (Å²) in [6, 6.07) is 16.4. The maximum Gasteiger partial charge on any atom is 0.317 e. The number of benzene rings is 3. The number of fused-ring (bicyclic) bond motifs is 1. The van der Waals surface area contributed by atoms with E-state index in [-0.39, 0.29) is 23.6 Å². The van der Waals surface area contributed by atoms with E-state index < -0.39 is 36.6 Å². The third kappa shape index (κ3) is 7.59. The Balaban J connectivity index is 1.24. The molecule has 0 aromatic heterocycles. The van der Waals surface area contributed by atoms with Crippen molar-refractivity contribution >= 4 is 11.7 Å². The van der Waals surface area contributed by atoms with Crippen LogP contribution in [0.25, 0.3) is 0 Å². The fourth-order valence-corrected chi connectivity index (χ4v) is 7.89. The number of rotatable bonds is 9. The number of likely N-dealkylation sites (tertiary alicyclic amines) is 1. The summed E-state index contributed by atoms with van der Waals surface area (Å²) < 4.78 is 66.2. The number of hydrogen-bond donors (Lipinski definition) is 1. The smallest absolute Gasteiger partial charge is 0.317 e. The van der Waals surface area contributed by atoms with E-state index in [1.807, 2.05) is 53.1 Å². The van der Waals surface area contributed by atoms with Crippen molar-refractivity contribution in [3.05, 3.63) is 94.6 Å². The molecule has 0 aliphatic carbocycles. The third-order valence-electron chi connectivity index (χ3n) is 10.4. The van der Waals surface area contributed by atoms with Gasteiger partial charge in [0.2, 0.25) is 0 Å². The lowest BCUT2D eigenvalue weighted by Crippen LogP contribution is -2.45. The van der Waals surface area contributed by atoms with Gasteiger partial charge in [-0.3, -0.25) is 14.6 Å². The third-order valence-corrected chi connectivity index (χ3v) is 10.4. The molecular formula is C37H43F4N3O3. The molecule has 3 aliphatic heterocycles. The minimum atomic E-state index is -2.67. The molecule has 6 rings (SSSR count). The lowest BCUT2D eigenvalue weighted by molar-refractivity contribution is -0.139. The first-order valence-corrected chi connectivity index (χ1v) is 16.6. The summed E-state index contributed by atoms with van der Waals surface area (Å²) >= 11 is 0. The van der Waals surface area contributed by atoms with Crippen LogP contribution in [0.2, 0.25) is 0 Å². The van der Waals surface area contributed by atoms with E-state index in [1.54, 1.807) is 12.1 Å². The Hall–Kier alpha value is -3.63. The Labute approximate surface area is 273 Å². The minimum absolute atomic E-state index is 0.0509. The minimum Gasteiger partial charge on any atom is -0.489 e. The second-order valence-corrected chi connectivity index (χ2v) is 13.5. The van der Waals surface area contributed by atoms with Crippen LogP contribution in [0.5, 0.6) is 5.75 Å². The fraction of sp³-hybridized carbons (Fsp3) is 0.486. The molecule has 1 N–H and O–H groups in total. The highest BCUT2D eigenvalue weighted by atomic mass is 19.3. The quantitative estimate of drug-likeness (QED) is 0.245. The van der Waals surface area contributed by atoms with Crippen molar-refractivity contribution in [1.29, 1.82) is 0 Å². The van der Waals surface area contributed by atoms with E-state index >= 15 is 8.78 Å². The summed E-state index contributed by atoms with van der Waals surface area (Å²) in [7, 11) is 0. The van der Waals surface area contributed by atoms with Crippen LogP contribution in [0.15, 0.2) is 60.7 Å². The van der Waals surface area contributed by atoms with Crippen molar-refractivity contribution in [2.75, 3.05) is 44.2 Å². The molecule has 3 aliphatic rings. The fourth-order valence-electron chi connectivity index (χ4n) is 7.89. The van der Waals surface area contributed by atoms with Gasteiger partial charge in [0.25, 0.3) is 6.43 Å². The number of anilines is 1. The normalized spacial score (nSPS) is 21.9. The standard InChI is InChI=1S/C37H43F4N3O3/c1-25-18-27-19-29(47-24-26-6-3-2-4-7-26)8-9-30(27)36(44(25)22-33(40)41)35-31(38)20-28(21-32(35)39)43-14-5-10-37(13-17-43)11-15-42(16-12-37)23-34(45)46/h2-4,6-9,19-21,25,33,36H,5,10-18,22-24H2,1H3,(H,45,46)/t25-,36?/m1/s1. The van der Waals surface area contributed by atoms with Gasteiger partial charge in [0.05, 0.1) is 19.1 Å². The number of ether oxygens (including phenoxy) is 1. The lowest BCUT2D eigenvalue weighted by Gasteiger charge is -2.42. The molecule has 47 heavy (non-hydrogen) atoms. The molecule has 1 spiro atoms. The SMILES string of the molecule is C[C@@H]1Cc2cc(OCc3ccccc3)ccc2C(c2c(F)cc(N3CCCC4(CCN(CC(=O)O)CC4)CC3)cc2F)N1CC(F)F. The first-order chi connectivity index (χ1) is 22.6. The Morgan fingerprint density at radius 2 is 1.66 bits per heavy atom. The van der Waals surface area contributed by atoms with Gasteiger partial charge in [0.1, 0.15) is 24.0 Å². The van der Waals surface area contributed by atoms with Crippen molar-refractivity contribution < 1.29 is 32.2 Å².